The Balaban J connectivity index is 2.81. The molecule has 0 aliphatic carbocycles. The summed E-state index contributed by atoms with van der Waals surface area (Å²) in [5, 5.41) is 0. The summed E-state index contributed by atoms with van der Waals surface area (Å²) in [5.74, 6) is 0.938. The summed E-state index contributed by atoms with van der Waals surface area (Å²) in [6, 6.07) is 6.16. The van der Waals surface area contributed by atoms with E-state index in [1.165, 1.54) is 5.56 Å². The normalized spacial score (nSPS) is 11.9. The van der Waals surface area contributed by atoms with E-state index >= 15 is 0 Å². The van der Waals surface area contributed by atoms with Gasteiger partial charge in [-0.15, -0.1) is 0 Å². The minimum Gasteiger partial charge on any atom is -0.496 e. The molecule has 0 fully saturated rings. The van der Waals surface area contributed by atoms with Crippen molar-refractivity contribution >= 4 is 0 Å². The van der Waals surface area contributed by atoms with Crippen LogP contribution in [0.2, 0.25) is 0 Å². The van der Waals surface area contributed by atoms with Crippen LogP contribution in [0.1, 0.15) is 31.9 Å². The highest BCUT2D eigenvalue weighted by Crippen LogP contribution is 2.23. The van der Waals surface area contributed by atoms with Crippen molar-refractivity contribution in [2.75, 3.05) is 20.7 Å². The van der Waals surface area contributed by atoms with Crippen molar-refractivity contribution in [2.45, 2.75) is 33.9 Å². The Hall–Kier alpha value is -1.06. The van der Waals surface area contributed by atoms with Gasteiger partial charge in [0.15, 0.2) is 0 Å². The average molecular weight is 250 g/mol. The molecule has 0 aliphatic rings. The van der Waals surface area contributed by atoms with E-state index in [-0.39, 0.29) is 0 Å². The molecule has 0 amide bonds. The molecule has 0 unspecified atom stereocenters. The van der Waals surface area contributed by atoms with Gasteiger partial charge in [0, 0.05) is 25.2 Å². The summed E-state index contributed by atoms with van der Waals surface area (Å²) in [6.45, 7) is 9.24. The van der Waals surface area contributed by atoms with Crippen LogP contribution in [0.5, 0.6) is 5.75 Å². The fraction of sp³-hybridized carbons (Fsp3) is 0.600. The molecule has 102 valence electrons. The molecule has 1 aromatic carbocycles. The van der Waals surface area contributed by atoms with Crippen molar-refractivity contribution < 1.29 is 4.74 Å². The van der Waals surface area contributed by atoms with Crippen LogP contribution in [0.15, 0.2) is 18.2 Å². The molecule has 0 aliphatic heterocycles. The van der Waals surface area contributed by atoms with Gasteiger partial charge in [0.1, 0.15) is 5.75 Å². The summed E-state index contributed by atoms with van der Waals surface area (Å²) in [4.78, 5) is 2.32. The molecule has 0 radical (unpaired) electrons. The topological polar surface area (TPSA) is 38.5 Å². The van der Waals surface area contributed by atoms with Crippen LogP contribution in [0.3, 0.4) is 0 Å². The molecule has 0 saturated carbocycles. The second kappa shape index (κ2) is 6.21. The van der Waals surface area contributed by atoms with E-state index in [0.29, 0.717) is 12.0 Å². The minimum atomic E-state index is 0.299. The molecule has 1 rings (SSSR count). The number of benzene rings is 1. The van der Waals surface area contributed by atoms with Gasteiger partial charge in [-0.25, -0.2) is 0 Å². The number of nitrogens with zero attached hydrogens (tertiary/aromatic N) is 1. The highest BCUT2D eigenvalue weighted by molar-refractivity contribution is 5.37. The van der Waals surface area contributed by atoms with Crippen LogP contribution >= 0.6 is 0 Å². The van der Waals surface area contributed by atoms with Gasteiger partial charge in [-0.2, -0.15) is 0 Å². The van der Waals surface area contributed by atoms with E-state index in [4.69, 9.17) is 10.5 Å². The zero-order valence-electron chi connectivity index (χ0n) is 12.3. The van der Waals surface area contributed by atoms with Crippen LogP contribution in [0.4, 0.5) is 0 Å². The SMILES string of the molecule is COc1ccc(CN)cc1CN(C)CC(C)(C)C. The van der Waals surface area contributed by atoms with Gasteiger partial charge in [-0.1, -0.05) is 26.8 Å². The Morgan fingerprint density at radius 3 is 2.44 bits per heavy atom. The van der Waals surface area contributed by atoms with E-state index in [0.717, 1.165) is 24.4 Å². The number of rotatable bonds is 5. The zero-order valence-corrected chi connectivity index (χ0v) is 12.3. The maximum Gasteiger partial charge on any atom is 0.123 e. The number of hydrogen-bond acceptors (Lipinski definition) is 3. The molecule has 3 heteroatoms. The zero-order chi connectivity index (χ0) is 13.8. The fourth-order valence-corrected chi connectivity index (χ4v) is 2.24. The standard InChI is InChI=1S/C15H26N2O/c1-15(2,3)11-17(4)10-13-8-12(9-16)6-7-14(13)18-5/h6-8H,9-11,16H2,1-5H3. The molecule has 0 atom stereocenters. The van der Waals surface area contributed by atoms with Crippen LogP contribution in [-0.4, -0.2) is 25.6 Å². The molecule has 0 saturated heterocycles. The van der Waals surface area contributed by atoms with Gasteiger partial charge in [-0.3, -0.25) is 0 Å². The Kier molecular flexibility index (Phi) is 5.17. The van der Waals surface area contributed by atoms with Crippen molar-refractivity contribution in [3.63, 3.8) is 0 Å². The Morgan fingerprint density at radius 1 is 1.28 bits per heavy atom. The van der Waals surface area contributed by atoms with Crippen molar-refractivity contribution in [2.24, 2.45) is 11.1 Å². The summed E-state index contributed by atoms with van der Waals surface area (Å²) in [6.07, 6.45) is 0. The van der Waals surface area contributed by atoms with Crippen molar-refractivity contribution in [3.05, 3.63) is 29.3 Å². The molecule has 2 N–H and O–H groups in total. The summed E-state index contributed by atoms with van der Waals surface area (Å²) in [5.41, 5.74) is 8.34. The smallest absolute Gasteiger partial charge is 0.123 e. The van der Waals surface area contributed by atoms with E-state index in [2.05, 4.69) is 38.8 Å². The van der Waals surface area contributed by atoms with E-state index < -0.39 is 0 Å². The summed E-state index contributed by atoms with van der Waals surface area (Å²) < 4.78 is 5.41. The second-order valence-electron chi connectivity index (χ2n) is 6.08. The third kappa shape index (κ3) is 4.67. The number of methoxy groups -OCH3 is 1. The van der Waals surface area contributed by atoms with Gasteiger partial charge < -0.3 is 15.4 Å². The first kappa shape index (κ1) is 15.0. The lowest BCUT2D eigenvalue weighted by Crippen LogP contribution is -2.29. The van der Waals surface area contributed by atoms with Gasteiger partial charge in [0.25, 0.3) is 0 Å². The van der Waals surface area contributed by atoms with Gasteiger partial charge in [0.05, 0.1) is 7.11 Å². The summed E-state index contributed by atoms with van der Waals surface area (Å²) in [7, 11) is 3.85. The molecule has 3 nitrogen and oxygen atoms in total. The Morgan fingerprint density at radius 2 is 1.94 bits per heavy atom. The van der Waals surface area contributed by atoms with E-state index in [9.17, 15) is 0 Å². The van der Waals surface area contributed by atoms with Gasteiger partial charge in [0.2, 0.25) is 0 Å². The van der Waals surface area contributed by atoms with Gasteiger partial charge in [-0.05, 0) is 30.2 Å². The number of ether oxygens (including phenoxy) is 1. The maximum atomic E-state index is 5.69. The third-order valence-electron chi connectivity index (χ3n) is 2.77. The first-order valence-electron chi connectivity index (χ1n) is 6.40. The highest BCUT2D eigenvalue weighted by Gasteiger charge is 2.15. The molecule has 0 aromatic heterocycles. The molecule has 0 bridgehead atoms. The van der Waals surface area contributed by atoms with Crippen molar-refractivity contribution in [1.82, 2.24) is 4.90 Å². The van der Waals surface area contributed by atoms with Crippen molar-refractivity contribution in [1.29, 1.82) is 0 Å². The van der Waals surface area contributed by atoms with Gasteiger partial charge >= 0.3 is 0 Å². The van der Waals surface area contributed by atoms with E-state index in [1.54, 1.807) is 7.11 Å². The molecule has 0 heterocycles. The van der Waals surface area contributed by atoms with Crippen LogP contribution in [0, 0.1) is 5.41 Å². The van der Waals surface area contributed by atoms with Crippen LogP contribution in [-0.2, 0) is 13.1 Å². The number of nitrogens with two attached hydrogens (primary N) is 1. The summed E-state index contributed by atoms with van der Waals surface area (Å²) >= 11 is 0. The molecule has 1 aromatic rings. The van der Waals surface area contributed by atoms with E-state index in [1.807, 2.05) is 12.1 Å². The maximum absolute atomic E-state index is 5.69. The predicted octanol–water partition coefficient (Wildman–Crippen LogP) is 2.63. The van der Waals surface area contributed by atoms with Crippen molar-refractivity contribution in [3.8, 4) is 5.75 Å². The molecule has 18 heavy (non-hydrogen) atoms. The molecule has 0 spiro atoms. The third-order valence-corrected chi connectivity index (χ3v) is 2.77. The lowest BCUT2D eigenvalue weighted by Gasteiger charge is -2.27. The minimum absolute atomic E-state index is 0.299. The largest absolute Gasteiger partial charge is 0.496 e. The predicted molar refractivity (Wildman–Crippen MR) is 76.7 cm³/mol. The lowest BCUT2D eigenvalue weighted by atomic mass is 9.96. The Bertz CT molecular complexity index is 383. The van der Waals surface area contributed by atoms with Crippen LogP contribution < -0.4 is 10.5 Å². The molecular weight excluding hydrogens is 224 g/mol. The molecular formula is C15H26N2O. The monoisotopic (exact) mass is 250 g/mol. The first-order chi connectivity index (χ1) is 8.35. The Labute approximate surface area is 111 Å². The highest BCUT2D eigenvalue weighted by atomic mass is 16.5. The average Bonchev–Trinajstić information content (AvgIpc) is 2.26. The fourth-order valence-electron chi connectivity index (χ4n) is 2.24. The lowest BCUT2D eigenvalue weighted by molar-refractivity contribution is 0.218. The quantitative estimate of drug-likeness (QED) is 0.873. The second-order valence-corrected chi connectivity index (χ2v) is 6.08. The first-order valence-corrected chi connectivity index (χ1v) is 6.40. The number of hydrogen-bond donors (Lipinski definition) is 1. The van der Waals surface area contributed by atoms with Crippen LogP contribution in [0.25, 0.3) is 0 Å².